The first kappa shape index (κ1) is 27.8. The van der Waals surface area contributed by atoms with Crippen molar-refractivity contribution in [3.05, 3.63) is 0 Å². The van der Waals surface area contributed by atoms with Crippen molar-refractivity contribution in [1.82, 2.24) is 25.6 Å². The maximum atomic E-state index is 12.4. The van der Waals surface area contributed by atoms with Crippen LogP contribution in [0.1, 0.15) is 33.6 Å². The van der Waals surface area contributed by atoms with Crippen molar-refractivity contribution < 1.29 is 29.4 Å². The summed E-state index contributed by atoms with van der Waals surface area (Å²) < 4.78 is 0. The molecule has 14 nitrogen and oxygen atoms in total. The van der Waals surface area contributed by atoms with Gasteiger partial charge >= 0.3 is 11.9 Å². The van der Waals surface area contributed by atoms with E-state index in [0.29, 0.717) is 18.4 Å². The van der Waals surface area contributed by atoms with Crippen LogP contribution in [0.3, 0.4) is 0 Å². The third kappa shape index (κ3) is 11.3. The maximum absolute atomic E-state index is 12.4. The fraction of sp³-hybridized carbons (Fsp3) is 0.611. The fourth-order valence-electron chi connectivity index (χ4n) is 2.28. The molecule has 2 atom stereocenters. The van der Waals surface area contributed by atoms with Crippen molar-refractivity contribution in [3.63, 3.8) is 0 Å². The molecule has 0 aliphatic rings. The standard InChI is InChI=1S/C18H30N8O6S/c1-4-20-16-24-17(22-9(2)3)26-18(25-16)33-8-11(14(30)21-7-13(28)29)23-12(27)6-5-10(19)15(31)32/h9-11H,4-8,19H2,1-3H3,(H,21,30)(H,23,27)(H,28,29)(H,31,32)(H2,20,22,24,25,26). The quantitative estimate of drug-likeness (QED) is 0.149. The van der Waals surface area contributed by atoms with Gasteiger partial charge in [-0.15, -0.1) is 0 Å². The molecule has 0 bridgehead atoms. The van der Waals surface area contributed by atoms with E-state index < -0.39 is 42.4 Å². The lowest BCUT2D eigenvalue weighted by Gasteiger charge is -2.18. The molecule has 0 saturated heterocycles. The summed E-state index contributed by atoms with van der Waals surface area (Å²) in [5, 5.41) is 28.6. The predicted octanol–water partition coefficient (Wildman–Crippen LogP) is -0.906. The van der Waals surface area contributed by atoms with Gasteiger partial charge in [0.15, 0.2) is 5.16 Å². The Labute approximate surface area is 194 Å². The van der Waals surface area contributed by atoms with Gasteiger partial charge < -0.3 is 37.2 Å². The summed E-state index contributed by atoms with van der Waals surface area (Å²) in [6.45, 7) is 5.65. The Hall–Kier alpha value is -3.20. The van der Waals surface area contributed by atoms with Crippen molar-refractivity contribution in [2.75, 3.05) is 29.5 Å². The zero-order valence-electron chi connectivity index (χ0n) is 18.6. The number of rotatable bonds is 15. The first-order chi connectivity index (χ1) is 15.5. The van der Waals surface area contributed by atoms with Crippen molar-refractivity contribution in [3.8, 4) is 0 Å². The minimum absolute atomic E-state index is 0.0150. The number of carbonyl (C=O) groups excluding carboxylic acids is 2. The van der Waals surface area contributed by atoms with Crippen LogP contribution >= 0.6 is 11.8 Å². The summed E-state index contributed by atoms with van der Waals surface area (Å²) in [7, 11) is 0. The number of carboxylic acids is 2. The predicted molar refractivity (Wildman–Crippen MR) is 121 cm³/mol. The summed E-state index contributed by atoms with van der Waals surface area (Å²) in [6.07, 6.45) is -0.346. The molecule has 0 aromatic carbocycles. The number of anilines is 2. The minimum Gasteiger partial charge on any atom is -0.480 e. The molecule has 1 aromatic heterocycles. The van der Waals surface area contributed by atoms with Crippen LogP contribution in [-0.2, 0) is 19.2 Å². The summed E-state index contributed by atoms with van der Waals surface area (Å²) >= 11 is 1.06. The molecule has 0 aliphatic heterocycles. The molecule has 1 rings (SSSR count). The minimum atomic E-state index is -1.24. The second-order valence-electron chi connectivity index (χ2n) is 7.12. The van der Waals surface area contributed by atoms with Gasteiger partial charge in [-0.3, -0.25) is 19.2 Å². The van der Waals surface area contributed by atoms with Crippen LogP contribution < -0.4 is 27.0 Å². The Kier molecular flexibility index (Phi) is 11.9. The van der Waals surface area contributed by atoms with Crippen molar-refractivity contribution in [1.29, 1.82) is 0 Å². The van der Waals surface area contributed by atoms with E-state index in [2.05, 4.69) is 36.2 Å². The number of hydrogen-bond donors (Lipinski definition) is 7. The number of carbonyl (C=O) groups is 4. The second-order valence-corrected chi connectivity index (χ2v) is 8.11. The van der Waals surface area contributed by atoms with Gasteiger partial charge in [0.1, 0.15) is 18.6 Å². The summed E-state index contributed by atoms with van der Waals surface area (Å²) in [5.41, 5.74) is 5.40. The molecule has 1 heterocycles. The number of nitrogens with zero attached hydrogens (tertiary/aromatic N) is 3. The number of amides is 2. The highest BCUT2D eigenvalue weighted by Crippen LogP contribution is 2.18. The van der Waals surface area contributed by atoms with E-state index in [9.17, 15) is 19.2 Å². The Morgan fingerprint density at radius 1 is 1.09 bits per heavy atom. The van der Waals surface area contributed by atoms with E-state index in [1.807, 2.05) is 20.8 Å². The molecule has 0 spiro atoms. The average molecular weight is 487 g/mol. The topological polar surface area (TPSA) is 222 Å². The maximum Gasteiger partial charge on any atom is 0.322 e. The number of aromatic nitrogens is 3. The molecule has 2 unspecified atom stereocenters. The fourth-order valence-corrected chi connectivity index (χ4v) is 3.14. The molecule has 0 fully saturated rings. The summed E-state index contributed by atoms with van der Waals surface area (Å²) in [6, 6.07) is -2.28. The molecule has 2 amide bonds. The van der Waals surface area contributed by atoms with Crippen LogP contribution in [0.15, 0.2) is 5.16 Å². The summed E-state index contributed by atoms with van der Waals surface area (Å²) in [5.74, 6) is -3.17. The van der Waals surface area contributed by atoms with Crippen LogP contribution in [0.5, 0.6) is 0 Å². The molecule has 0 saturated carbocycles. The van der Waals surface area contributed by atoms with Crippen LogP contribution in [0.25, 0.3) is 0 Å². The van der Waals surface area contributed by atoms with Gasteiger partial charge in [-0.05, 0) is 27.2 Å². The Bertz CT molecular complexity index is 840. The third-order valence-electron chi connectivity index (χ3n) is 3.81. The largest absolute Gasteiger partial charge is 0.480 e. The Balaban J connectivity index is 2.92. The van der Waals surface area contributed by atoms with E-state index >= 15 is 0 Å². The van der Waals surface area contributed by atoms with Crippen molar-refractivity contribution >= 4 is 47.4 Å². The zero-order chi connectivity index (χ0) is 25.0. The van der Waals surface area contributed by atoms with E-state index in [1.165, 1.54) is 0 Å². The monoisotopic (exact) mass is 486 g/mol. The lowest BCUT2D eigenvalue weighted by Crippen LogP contribution is -2.49. The third-order valence-corrected chi connectivity index (χ3v) is 4.75. The highest BCUT2D eigenvalue weighted by Gasteiger charge is 2.23. The van der Waals surface area contributed by atoms with Crippen LogP contribution in [0.4, 0.5) is 11.9 Å². The van der Waals surface area contributed by atoms with Crippen molar-refractivity contribution in [2.24, 2.45) is 5.73 Å². The first-order valence-electron chi connectivity index (χ1n) is 10.2. The number of thioether (sulfide) groups is 1. The molecular weight excluding hydrogens is 456 g/mol. The van der Waals surface area contributed by atoms with Crippen LogP contribution in [0.2, 0.25) is 0 Å². The highest BCUT2D eigenvalue weighted by atomic mass is 32.2. The Morgan fingerprint density at radius 2 is 1.76 bits per heavy atom. The van der Waals surface area contributed by atoms with E-state index in [4.69, 9.17) is 15.9 Å². The SMILES string of the molecule is CCNc1nc(NC(C)C)nc(SCC(NC(=O)CCC(N)C(=O)O)C(=O)NCC(=O)O)n1. The van der Waals surface area contributed by atoms with Crippen molar-refractivity contribution in [2.45, 2.75) is 56.9 Å². The van der Waals surface area contributed by atoms with Gasteiger partial charge in [-0.25, -0.2) is 0 Å². The molecule has 0 radical (unpaired) electrons. The van der Waals surface area contributed by atoms with E-state index in [0.717, 1.165) is 11.8 Å². The first-order valence-corrected chi connectivity index (χ1v) is 11.2. The average Bonchev–Trinajstić information content (AvgIpc) is 2.72. The number of carboxylic acid groups (broad SMARTS) is 2. The normalized spacial score (nSPS) is 12.5. The van der Waals surface area contributed by atoms with Gasteiger partial charge in [0, 0.05) is 24.8 Å². The van der Waals surface area contributed by atoms with Crippen LogP contribution in [-0.4, -0.2) is 85.9 Å². The zero-order valence-corrected chi connectivity index (χ0v) is 19.4. The molecule has 0 aliphatic carbocycles. The highest BCUT2D eigenvalue weighted by molar-refractivity contribution is 7.99. The molecule has 15 heteroatoms. The molecule has 184 valence electrons. The number of nitrogens with one attached hydrogen (secondary N) is 4. The second kappa shape index (κ2) is 14.1. The lowest BCUT2D eigenvalue weighted by molar-refractivity contribution is -0.139. The number of nitrogens with two attached hydrogens (primary N) is 1. The Morgan fingerprint density at radius 3 is 2.33 bits per heavy atom. The smallest absolute Gasteiger partial charge is 0.322 e. The van der Waals surface area contributed by atoms with Gasteiger partial charge in [-0.1, -0.05) is 11.8 Å². The van der Waals surface area contributed by atoms with E-state index in [-0.39, 0.29) is 29.8 Å². The van der Waals surface area contributed by atoms with Gasteiger partial charge in [0.25, 0.3) is 0 Å². The van der Waals surface area contributed by atoms with Crippen LogP contribution in [0, 0.1) is 0 Å². The van der Waals surface area contributed by atoms with Gasteiger partial charge in [0.05, 0.1) is 0 Å². The number of hydrogen-bond acceptors (Lipinski definition) is 11. The molecule has 1 aromatic rings. The number of aliphatic carboxylic acids is 2. The molecule has 33 heavy (non-hydrogen) atoms. The molecular formula is C18H30N8O6S. The molecule has 8 N–H and O–H groups in total. The van der Waals surface area contributed by atoms with Gasteiger partial charge in [-0.2, -0.15) is 15.0 Å². The lowest BCUT2D eigenvalue weighted by atomic mass is 10.1. The van der Waals surface area contributed by atoms with Gasteiger partial charge in [0.2, 0.25) is 23.7 Å². The van der Waals surface area contributed by atoms with E-state index in [1.54, 1.807) is 0 Å². The summed E-state index contributed by atoms with van der Waals surface area (Å²) in [4.78, 5) is 59.0.